The molecule has 0 aliphatic carbocycles. The summed E-state index contributed by atoms with van der Waals surface area (Å²) < 4.78 is 0. The van der Waals surface area contributed by atoms with E-state index in [-0.39, 0.29) is 11.8 Å². The first-order valence-corrected chi connectivity index (χ1v) is 9.70. The summed E-state index contributed by atoms with van der Waals surface area (Å²) in [5.41, 5.74) is 1.10. The van der Waals surface area contributed by atoms with Crippen LogP contribution in [-0.2, 0) is 11.3 Å². The maximum atomic E-state index is 12.7. The Morgan fingerprint density at radius 2 is 2.15 bits per heavy atom. The highest BCUT2D eigenvalue weighted by atomic mass is 16.2. The fraction of sp³-hybridized carbons (Fsp3) is 0.500. The molecular formula is C20H28N6O. The third-order valence-corrected chi connectivity index (χ3v) is 4.97. The second-order valence-corrected chi connectivity index (χ2v) is 6.75. The van der Waals surface area contributed by atoms with Gasteiger partial charge >= 0.3 is 0 Å². The number of pyridine rings is 1. The standard InChI is InChI=1S/C20H28N6O/c1-3-25(4-2)19(27)17-8-6-12-26(15-17)20-22-11-9-18(24-20)23-14-16-7-5-10-21-13-16/h5,7,9-11,13,17H,3-4,6,8,12,14-15H2,1-2H3,(H,22,23,24). The van der Waals surface area contributed by atoms with Gasteiger partial charge in [0.1, 0.15) is 5.82 Å². The molecule has 2 aromatic heterocycles. The predicted molar refractivity (Wildman–Crippen MR) is 106 cm³/mol. The number of nitrogens with zero attached hydrogens (tertiary/aromatic N) is 5. The molecule has 3 rings (SSSR count). The van der Waals surface area contributed by atoms with Crippen LogP contribution < -0.4 is 10.2 Å². The van der Waals surface area contributed by atoms with Crippen molar-refractivity contribution in [1.29, 1.82) is 0 Å². The molecule has 0 bridgehead atoms. The van der Waals surface area contributed by atoms with Crippen molar-refractivity contribution < 1.29 is 4.79 Å². The fourth-order valence-corrected chi connectivity index (χ4v) is 3.45. The van der Waals surface area contributed by atoms with Gasteiger partial charge < -0.3 is 15.1 Å². The highest BCUT2D eigenvalue weighted by molar-refractivity contribution is 5.79. The Hall–Kier alpha value is -2.70. The second kappa shape index (κ2) is 9.30. The van der Waals surface area contributed by atoms with E-state index in [0.717, 1.165) is 43.9 Å². The molecule has 1 unspecified atom stereocenters. The lowest BCUT2D eigenvalue weighted by Crippen LogP contribution is -2.45. The van der Waals surface area contributed by atoms with E-state index in [9.17, 15) is 4.79 Å². The molecule has 1 saturated heterocycles. The van der Waals surface area contributed by atoms with Crippen LogP contribution in [0.5, 0.6) is 0 Å². The summed E-state index contributed by atoms with van der Waals surface area (Å²) in [6, 6.07) is 5.81. The van der Waals surface area contributed by atoms with Crippen LogP contribution in [0.4, 0.5) is 11.8 Å². The number of piperidine rings is 1. The normalized spacial score (nSPS) is 16.8. The van der Waals surface area contributed by atoms with Crippen LogP contribution in [-0.4, -0.2) is 51.9 Å². The van der Waals surface area contributed by atoms with E-state index in [0.29, 0.717) is 19.0 Å². The number of anilines is 2. The maximum absolute atomic E-state index is 12.7. The zero-order valence-electron chi connectivity index (χ0n) is 16.1. The van der Waals surface area contributed by atoms with Crippen LogP contribution in [0.15, 0.2) is 36.8 Å². The third kappa shape index (κ3) is 4.93. The summed E-state index contributed by atoms with van der Waals surface area (Å²) in [5.74, 6) is 1.73. The minimum Gasteiger partial charge on any atom is -0.366 e. The molecule has 1 aliphatic heterocycles. The van der Waals surface area contributed by atoms with Gasteiger partial charge in [0, 0.05) is 51.3 Å². The molecule has 27 heavy (non-hydrogen) atoms. The minimum atomic E-state index is 0.0225. The summed E-state index contributed by atoms with van der Waals surface area (Å²) in [7, 11) is 0. The minimum absolute atomic E-state index is 0.0225. The molecule has 7 nitrogen and oxygen atoms in total. The lowest BCUT2D eigenvalue weighted by molar-refractivity contribution is -0.135. The number of carbonyl (C=O) groups is 1. The van der Waals surface area contributed by atoms with E-state index in [1.165, 1.54) is 0 Å². The lowest BCUT2D eigenvalue weighted by Gasteiger charge is -2.34. The summed E-state index contributed by atoms with van der Waals surface area (Å²) in [5, 5.41) is 3.32. The number of nitrogens with one attached hydrogen (secondary N) is 1. The van der Waals surface area contributed by atoms with E-state index in [4.69, 9.17) is 0 Å². The molecule has 0 saturated carbocycles. The Bertz CT molecular complexity index is 734. The van der Waals surface area contributed by atoms with E-state index in [1.807, 2.05) is 43.1 Å². The highest BCUT2D eigenvalue weighted by Crippen LogP contribution is 2.23. The molecule has 1 amide bonds. The summed E-state index contributed by atoms with van der Waals surface area (Å²) in [6.07, 6.45) is 7.28. The Kier molecular flexibility index (Phi) is 6.57. The largest absolute Gasteiger partial charge is 0.366 e. The monoisotopic (exact) mass is 368 g/mol. The zero-order chi connectivity index (χ0) is 19.1. The predicted octanol–water partition coefficient (Wildman–Crippen LogP) is 2.57. The first kappa shape index (κ1) is 19.1. The van der Waals surface area contributed by atoms with Gasteiger partial charge in [-0.2, -0.15) is 4.98 Å². The average Bonchev–Trinajstić information content (AvgIpc) is 2.74. The van der Waals surface area contributed by atoms with Gasteiger partial charge in [-0.1, -0.05) is 6.07 Å². The number of rotatable bonds is 7. The lowest BCUT2D eigenvalue weighted by atomic mass is 9.96. The molecule has 1 N–H and O–H groups in total. The molecule has 0 spiro atoms. The van der Waals surface area contributed by atoms with Crippen molar-refractivity contribution in [3.8, 4) is 0 Å². The third-order valence-electron chi connectivity index (χ3n) is 4.97. The molecule has 1 atom stereocenters. The van der Waals surface area contributed by atoms with E-state index in [1.54, 1.807) is 12.4 Å². The van der Waals surface area contributed by atoms with Crippen LogP contribution >= 0.6 is 0 Å². The van der Waals surface area contributed by atoms with Crippen molar-refractivity contribution in [3.05, 3.63) is 42.4 Å². The Labute approximate surface area is 160 Å². The van der Waals surface area contributed by atoms with Gasteiger partial charge in [0.25, 0.3) is 0 Å². The van der Waals surface area contributed by atoms with Crippen molar-refractivity contribution >= 4 is 17.7 Å². The van der Waals surface area contributed by atoms with Crippen LogP contribution in [0, 0.1) is 5.92 Å². The molecule has 3 heterocycles. The smallest absolute Gasteiger partial charge is 0.227 e. The van der Waals surface area contributed by atoms with Gasteiger partial charge in [-0.25, -0.2) is 4.98 Å². The number of hydrogen-bond donors (Lipinski definition) is 1. The average molecular weight is 368 g/mol. The van der Waals surface area contributed by atoms with Crippen LogP contribution in [0.2, 0.25) is 0 Å². The maximum Gasteiger partial charge on any atom is 0.227 e. The topological polar surface area (TPSA) is 74.2 Å². The summed E-state index contributed by atoms with van der Waals surface area (Å²) in [4.78, 5) is 30.0. The Morgan fingerprint density at radius 3 is 2.89 bits per heavy atom. The van der Waals surface area contributed by atoms with E-state index < -0.39 is 0 Å². The van der Waals surface area contributed by atoms with Gasteiger partial charge in [0.15, 0.2) is 0 Å². The van der Waals surface area contributed by atoms with Crippen LogP contribution in [0.25, 0.3) is 0 Å². The van der Waals surface area contributed by atoms with Crippen molar-refractivity contribution in [2.45, 2.75) is 33.2 Å². The first-order chi connectivity index (χ1) is 13.2. The number of aromatic nitrogens is 3. The highest BCUT2D eigenvalue weighted by Gasteiger charge is 2.29. The Morgan fingerprint density at radius 1 is 1.30 bits per heavy atom. The number of amides is 1. The van der Waals surface area contributed by atoms with Crippen LogP contribution in [0.3, 0.4) is 0 Å². The zero-order valence-corrected chi connectivity index (χ0v) is 16.1. The molecular weight excluding hydrogens is 340 g/mol. The molecule has 1 fully saturated rings. The fourth-order valence-electron chi connectivity index (χ4n) is 3.45. The quantitative estimate of drug-likeness (QED) is 0.810. The number of carbonyl (C=O) groups excluding carboxylic acids is 1. The van der Waals surface area contributed by atoms with Crippen molar-refractivity contribution in [2.24, 2.45) is 5.92 Å². The second-order valence-electron chi connectivity index (χ2n) is 6.75. The van der Waals surface area contributed by atoms with Crippen molar-refractivity contribution in [3.63, 3.8) is 0 Å². The summed E-state index contributed by atoms with van der Waals surface area (Å²) in [6.45, 7) is 7.81. The molecule has 7 heteroatoms. The van der Waals surface area contributed by atoms with Crippen molar-refractivity contribution in [2.75, 3.05) is 36.4 Å². The number of hydrogen-bond acceptors (Lipinski definition) is 6. The van der Waals surface area contributed by atoms with Gasteiger partial charge in [-0.15, -0.1) is 0 Å². The summed E-state index contributed by atoms with van der Waals surface area (Å²) >= 11 is 0. The van der Waals surface area contributed by atoms with E-state index >= 15 is 0 Å². The molecule has 0 radical (unpaired) electrons. The Balaban J connectivity index is 1.64. The molecule has 0 aromatic carbocycles. The van der Waals surface area contributed by atoms with E-state index in [2.05, 4.69) is 25.2 Å². The molecule has 144 valence electrons. The first-order valence-electron chi connectivity index (χ1n) is 9.70. The molecule has 1 aliphatic rings. The van der Waals surface area contributed by atoms with Crippen LogP contribution in [0.1, 0.15) is 32.3 Å². The van der Waals surface area contributed by atoms with Gasteiger partial charge in [-0.3, -0.25) is 9.78 Å². The van der Waals surface area contributed by atoms with Gasteiger partial charge in [0.2, 0.25) is 11.9 Å². The van der Waals surface area contributed by atoms with Gasteiger partial charge in [0.05, 0.1) is 5.92 Å². The SMILES string of the molecule is CCN(CC)C(=O)C1CCCN(c2nccc(NCc3cccnc3)n2)C1. The van der Waals surface area contributed by atoms with Crippen molar-refractivity contribution in [1.82, 2.24) is 19.9 Å². The molecule has 2 aromatic rings. The van der Waals surface area contributed by atoms with Gasteiger partial charge in [-0.05, 0) is 44.4 Å².